The fourth-order valence-corrected chi connectivity index (χ4v) is 2.88. The van der Waals surface area contributed by atoms with Gasteiger partial charge in [0.25, 0.3) is 0 Å². The first-order valence-electron chi connectivity index (χ1n) is 7.15. The summed E-state index contributed by atoms with van der Waals surface area (Å²) in [5.74, 6) is 0.998. The minimum Gasteiger partial charge on any atom is -0.487 e. The molecule has 2 nitrogen and oxygen atoms in total. The highest BCUT2D eigenvalue weighted by Crippen LogP contribution is 2.42. The molecule has 1 aromatic carbocycles. The molecule has 0 amide bonds. The Morgan fingerprint density at radius 3 is 2.83 bits per heavy atom. The van der Waals surface area contributed by atoms with Crippen molar-refractivity contribution in [3.05, 3.63) is 29.3 Å². The quantitative estimate of drug-likeness (QED) is 0.868. The molecule has 0 radical (unpaired) electrons. The first-order chi connectivity index (χ1) is 8.60. The number of benzene rings is 1. The lowest BCUT2D eigenvalue weighted by Gasteiger charge is -2.41. The first kappa shape index (κ1) is 13.4. The van der Waals surface area contributed by atoms with Gasteiger partial charge in [0.2, 0.25) is 0 Å². The monoisotopic (exact) mass is 247 g/mol. The van der Waals surface area contributed by atoms with Gasteiger partial charge in [-0.1, -0.05) is 38.0 Å². The minimum absolute atomic E-state index is 0.0440. The van der Waals surface area contributed by atoms with Gasteiger partial charge in [0.1, 0.15) is 11.4 Å². The van der Waals surface area contributed by atoms with E-state index in [2.05, 4.69) is 39.0 Å². The van der Waals surface area contributed by atoms with E-state index >= 15 is 0 Å². The Bertz CT molecular complexity index is 416. The molecule has 1 heterocycles. The van der Waals surface area contributed by atoms with E-state index < -0.39 is 0 Å². The normalized spacial score (nSPS) is 26.6. The zero-order chi connectivity index (χ0) is 13.2. The van der Waals surface area contributed by atoms with Crippen molar-refractivity contribution in [3.8, 4) is 5.75 Å². The van der Waals surface area contributed by atoms with E-state index in [4.69, 9.17) is 10.5 Å². The predicted molar refractivity (Wildman–Crippen MR) is 75.9 cm³/mol. The van der Waals surface area contributed by atoms with Gasteiger partial charge >= 0.3 is 0 Å². The average Bonchev–Trinajstić information content (AvgIpc) is 2.37. The van der Waals surface area contributed by atoms with E-state index in [9.17, 15) is 0 Å². The Hall–Kier alpha value is -1.02. The third-order valence-corrected chi connectivity index (χ3v) is 4.11. The average molecular weight is 247 g/mol. The van der Waals surface area contributed by atoms with Gasteiger partial charge in [-0.25, -0.2) is 0 Å². The second-order valence-electron chi connectivity index (χ2n) is 5.59. The molecule has 2 heteroatoms. The molecule has 0 saturated heterocycles. The Morgan fingerprint density at radius 1 is 1.39 bits per heavy atom. The molecule has 1 aliphatic heterocycles. The fraction of sp³-hybridized carbons (Fsp3) is 0.625. The van der Waals surface area contributed by atoms with Gasteiger partial charge in [-0.2, -0.15) is 0 Å². The third-order valence-electron chi connectivity index (χ3n) is 4.11. The summed E-state index contributed by atoms with van der Waals surface area (Å²) in [6.45, 7) is 6.54. The summed E-state index contributed by atoms with van der Waals surface area (Å²) >= 11 is 0. The summed E-state index contributed by atoms with van der Waals surface area (Å²) in [6, 6.07) is 6.47. The lowest BCUT2D eigenvalue weighted by atomic mass is 9.82. The number of unbranched alkanes of at least 4 members (excludes halogenated alkanes) is 1. The van der Waals surface area contributed by atoms with Gasteiger partial charge < -0.3 is 10.5 Å². The molecular weight excluding hydrogens is 222 g/mol. The van der Waals surface area contributed by atoms with Crippen LogP contribution in [0.2, 0.25) is 0 Å². The van der Waals surface area contributed by atoms with E-state index in [0.29, 0.717) is 0 Å². The zero-order valence-electron chi connectivity index (χ0n) is 11.8. The van der Waals surface area contributed by atoms with Crippen LogP contribution in [-0.4, -0.2) is 5.60 Å². The molecule has 0 bridgehead atoms. The predicted octanol–water partition coefficient (Wildman–Crippen LogP) is 4.12. The van der Waals surface area contributed by atoms with Gasteiger partial charge in [0.15, 0.2) is 0 Å². The molecule has 1 unspecified atom stereocenters. The highest BCUT2D eigenvalue weighted by Gasteiger charge is 2.37. The van der Waals surface area contributed by atoms with Crippen molar-refractivity contribution in [1.29, 1.82) is 0 Å². The lowest BCUT2D eigenvalue weighted by molar-refractivity contribution is 0.0217. The maximum Gasteiger partial charge on any atom is 0.124 e. The molecule has 0 spiro atoms. The van der Waals surface area contributed by atoms with Gasteiger partial charge in [-0.05, 0) is 32.3 Å². The zero-order valence-corrected chi connectivity index (χ0v) is 11.8. The number of hydrogen-bond acceptors (Lipinski definition) is 2. The molecule has 0 aromatic heterocycles. The molecule has 2 atom stereocenters. The Labute approximate surface area is 111 Å². The third kappa shape index (κ3) is 2.54. The highest BCUT2D eigenvalue weighted by molar-refractivity contribution is 5.41. The summed E-state index contributed by atoms with van der Waals surface area (Å²) in [6.07, 6.45) is 5.51. The maximum absolute atomic E-state index is 6.36. The van der Waals surface area contributed by atoms with Crippen LogP contribution in [-0.2, 0) is 0 Å². The van der Waals surface area contributed by atoms with Gasteiger partial charge in [0, 0.05) is 18.0 Å². The van der Waals surface area contributed by atoms with E-state index in [1.807, 2.05) is 0 Å². The molecule has 100 valence electrons. The van der Waals surface area contributed by atoms with Crippen molar-refractivity contribution in [1.82, 2.24) is 0 Å². The molecular formula is C16H25NO. The smallest absolute Gasteiger partial charge is 0.124 e. The first-order valence-corrected chi connectivity index (χ1v) is 7.15. The standard InChI is InChI=1S/C16H25NO/c1-4-6-9-16(5-2)11-14(17)13-10-12(3)7-8-15(13)18-16/h7-8,10,14H,4-6,9,11,17H2,1-3H3/t14-,16?/m1/s1. The molecule has 0 aliphatic carbocycles. The van der Waals surface area contributed by atoms with Crippen LogP contribution in [0.5, 0.6) is 5.75 Å². The van der Waals surface area contributed by atoms with Crippen LogP contribution in [0.3, 0.4) is 0 Å². The van der Waals surface area contributed by atoms with Gasteiger partial charge in [0.05, 0.1) is 0 Å². The summed E-state index contributed by atoms with van der Waals surface area (Å²) in [7, 11) is 0. The number of aryl methyl sites for hydroxylation is 1. The van der Waals surface area contributed by atoms with Gasteiger partial charge in [-0.15, -0.1) is 0 Å². The largest absolute Gasteiger partial charge is 0.487 e. The second-order valence-corrected chi connectivity index (χ2v) is 5.59. The van der Waals surface area contributed by atoms with E-state index in [0.717, 1.165) is 25.0 Å². The molecule has 2 rings (SSSR count). The molecule has 1 aliphatic rings. The van der Waals surface area contributed by atoms with Crippen LogP contribution in [0.15, 0.2) is 18.2 Å². The Morgan fingerprint density at radius 2 is 2.17 bits per heavy atom. The second kappa shape index (κ2) is 5.31. The molecule has 0 fully saturated rings. The lowest BCUT2D eigenvalue weighted by Crippen LogP contribution is -2.42. The fourth-order valence-electron chi connectivity index (χ4n) is 2.88. The summed E-state index contributed by atoms with van der Waals surface area (Å²) in [5, 5.41) is 0. The van der Waals surface area contributed by atoms with Crippen molar-refractivity contribution in [2.24, 2.45) is 5.73 Å². The minimum atomic E-state index is -0.0440. The molecule has 18 heavy (non-hydrogen) atoms. The topological polar surface area (TPSA) is 35.2 Å². The highest BCUT2D eigenvalue weighted by atomic mass is 16.5. The van der Waals surface area contributed by atoms with Crippen molar-refractivity contribution >= 4 is 0 Å². The van der Waals surface area contributed by atoms with Crippen molar-refractivity contribution in [2.75, 3.05) is 0 Å². The van der Waals surface area contributed by atoms with Crippen molar-refractivity contribution in [3.63, 3.8) is 0 Å². The Kier molecular flexibility index (Phi) is 3.96. The van der Waals surface area contributed by atoms with E-state index in [-0.39, 0.29) is 11.6 Å². The molecule has 1 aromatic rings. The Balaban J connectivity index is 2.27. The summed E-state index contributed by atoms with van der Waals surface area (Å²) in [4.78, 5) is 0. The van der Waals surface area contributed by atoms with Gasteiger partial charge in [-0.3, -0.25) is 0 Å². The maximum atomic E-state index is 6.36. The van der Waals surface area contributed by atoms with Crippen LogP contribution in [0.4, 0.5) is 0 Å². The number of hydrogen-bond donors (Lipinski definition) is 1. The molecule has 2 N–H and O–H groups in total. The number of fused-ring (bicyclic) bond motifs is 1. The van der Waals surface area contributed by atoms with Crippen molar-refractivity contribution in [2.45, 2.75) is 64.5 Å². The van der Waals surface area contributed by atoms with E-state index in [1.54, 1.807) is 0 Å². The van der Waals surface area contributed by atoms with Crippen molar-refractivity contribution < 1.29 is 4.74 Å². The van der Waals surface area contributed by atoms with Crippen LogP contribution in [0, 0.1) is 6.92 Å². The van der Waals surface area contributed by atoms with E-state index in [1.165, 1.54) is 24.0 Å². The SMILES string of the molecule is CCCCC1(CC)C[C@@H](N)c2cc(C)ccc2O1. The number of rotatable bonds is 4. The van der Waals surface area contributed by atoms with Crippen LogP contribution in [0.25, 0.3) is 0 Å². The number of nitrogens with two attached hydrogens (primary N) is 1. The number of ether oxygens (including phenoxy) is 1. The van der Waals surface area contributed by atoms with Crippen LogP contribution in [0.1, 0.15) is 63.1 Å². The summed E-state index contributed by atoms with van der Waals surface area (Å²) < 4.78 is 6.32. The molecule has 0 saturated carbocycles. The summed E-state index contributed by atoms with van der Waals surface area (Å²) in [5.41, 5.74) is 8.75. The van der Waals surface area contributed by atoms with Crippen LogP contribution < -0.4 is 10.5 Å². The van der Waals surface area contributed by atoms with Crippen LogP contribution >= 0.6 is 0 Å².